The van der Waals surface area contributed by atoms with Gasteiger partial charge in [0.25, 0.3) is 0 Å². The van der Waals surface area contributed by atoms with E-state index in [1.165, 1.54) is 16.5 Å². The van der Waals surface area contributed by atoms with Crippen molar-refractivity contribution in [3.63, 3.8) is 0 Å². The fourth-order valence-electron chi connectivity index (χ4n) is 3.40. The third-order valence-electron chi connectivity index (χ3n) is 5.15. The molecule has 27 heavy (non-hydrogen) atoms. The topological polar surface area (TPSA) is 26.8 Å². The van der Waals surface area contributed by atoms with Crippen LogP contribution in [0.15, 0.2) is 54.4 Å². The Morgan fingerprint density at radius 2 is 1.78 bits per heavy atom. The summed E-state index contributed by atoms with van der Waals surface area (Å²) in [6, 6.07) is 12.5. The molecule has 4 nitrogen and oxygen atoms in total. The summed E-state index contributed by atoms with van der Waals surface area (Å²) in [5.74, 6) is -0.0339. The van der Waals surface area contributed by atoms with Crippen LogP contribution in [0.1, 0.15) is 10.4 Å². The standard InChI is InChI=1S/C22H29N3OS/c1-3-22(26)25(20-8-6-19(2)7-9-20)17-16-24-14-12-23(13-15-24)11-10-21-5-4-18-27-21/h3-9,18H,1,10-17H2,2H3. The number of amides is 1. The third-order valence-corrected chi connectivity index (χ3v) is 6.08. The van der Waals surface area contributed by atoms with Gasteiger partial charge in [-0.1, -0.05) is 30.3 Å². The molecule has 1 saturated heterocycles. The van der Waals surface area contributed by atoms with Crippen molar-refractivity contribution >= 4 is 22.9 Å². The molecular formula is C22H29N3OS. The van der Waals surface area contributed by atoms with Gasteiger partial charge in [-0.2, -0.15) is 0 Å². The second kappa shape index (κ2) is 9.83. The van der Waals surface area contributed by atoms with Crippen LogP contribution in [-0.2, 0) is 11.2 Å². The number of thiophene rings is 1. The molecule has 5 heteroatoms. The number of anilines is 1. The zero-order chi connectivity index (χ0) is 19.1. The third kappa shape index (κ3) is 5.76. The Bertz CT molecular complexity index is 719. The normalized spacial score (nSPS) is 15.6. The molecule has 0 radical (unpaired) electrons. The lowest BCUT2D eigenvalue weighted by Gasteiger charge is -2.35. The molecule has 0 bridgehead atoms. The van der Waals surface area contributed by atoms with Crippen LogP contribution in [0.5, 0.6) is 0 Å². The van der Waals surface area contributed by atoms with Gasteiger partial charge >= 0.3 is 0 Å². The van der Waals surface area contributed by atoms with E-state index in [9.17, 15) is 4.79 Å². The summed E-state index contributed by atoms with van der Waals surface area (Å²) in [7, 11) is 0. The van der Waals surface area contributed by atoms with Crippen LogP contribution in [0, 0.1) is 6.92 Å². The number of aryl methyl sites for hydroxylation is 1. The number of nitrogens with zero attached hydrogens (tertiary/aromatic N) is 3. The van der Waals surface area contributed by atoms with Gasteiger partial charge < -0.3 is 9.80 Å². The van der Waals surface area contributed by atoms with E-state index in [-0.39, 0.29) is 5.91 Å². The average Bonchev–Trinajstić information content (AvgIpc) is 3.22. The maximum Gasteiger partial charge on any atom is 0.250 e. The van der Waals surface area contributed by atoms with Gasteiger partial charge in [-0.3, -0.25) is 9.69 Å². The minimum atomic E-state index is -0.0339. The second-order valence-electron chi connectivity index (χ2n) is 7.04. The SMILES string of the molecule is C=CC(=O)N(CCN1CCN(CCc2cccs2)CC1)c1ccc(C)cc1. The molecular weight excluding hydrogens is 354 g/mol. The maximum absolute atomic E-state index is 12.3. The number of piperazine rings is 1. The fraction of sp³-hybridized carbons (Fsp3) is 0.409. The summed E-state index contributed by atoms with van der Waals surface area (Å²) >= 11 is 1.84. The average molecular weight is 384 g/mol. The van der Waals surface area contributed by atoms with Crippen LogP contribution in [0.4, 0.5) is 5.69 Å². The van der Waals surface area contributed by atoms with E-state index in [0.717, 1.165) is 51.4 Å². The molecule has 0 saturated carbocycles. The van der Waals surface area contributed by atoms with Crippen LogP contribution in [0.2, 0.25) is 0 Å². The summed E-state index contributed by atoms with van der Waals surface area (Å²) in [6.07, 6.45) is 2.55. The van der Waals surface area contributed by atoms with Crippen molar-refractivity contribution in [2.75, 3.05) is 50.7 Å². The number of hydrogen-bond donors (Lipinski definition) is 0. The van der Waals surface area contributed by atoms with Crippen molar-refractivity contribution in [3.05, 3.63) is 64.9 Å². The van der Waals surface area contributed by atoms with Gasteiger partial charge in [-0.05, 0) is 43.0 Å². The largest absolute Gasteiger partial charge is 0.308 e. The quantitative estimate of drug-likeness (QED) is 0.654. The van der Waals surface area contributed by atoms with Gasteiger partial charge in [0.1, 0.15) is 0 Å². The smallest absolute Gasteiger partial charge is 0.250 e. The van der Waals surface area contributed by atoms with E-state index in [1.807, 2.05) is 40.5 Å². The monoisotopic (exact) mass is 383 g/mol. The number of rotatable bonds is 8. The first-order chi connectivity index (χ1) is 13.2. The molecule has 1 amide bonds. The summed E-state index contributed by atoms with van der Waals surface area (Å²) in [4.78, 5) is 20.6. The van der Waals surface area contributed by atoms with E-state index >= 15 is 0 Å². The van der Waals surface area contributed by atoms with Gasteiger partial charge in [-0.25, -0.2) is 0 Å². The molecule has 0 unspecified atom stereocenters. The number of benzene rings is 1. The predicted molar refractivity (Wildman–Crippen MR) is 115 cm³/mol. The Labute approximate surface area is 166 Å². The summed E-state index contributed by atoms with van der Waals surface area (Å²) < 4.78 is 0. The molecule has 1 aromatic carbocycles. The lowest BCUT2D eigenvalue weighted by molar-refractivity contribution is -0.114. The molecule has 0 N–H and O–H groups in total. The van der Waals surface area contributed by atoms with Gasteiger partial charge in [0.05, 0.1) is 0 Å². The van der Waals surface area contributed by atoms with Crippen molar-refractivity contribution in [2.24, 2.45) is 0 Å². The molecule has 0 aliphatic carbocycles. The van der Waals surface area contributed by atoms with Gasteiger partial charge in [0, 0.05) is 56.4 Å². The Hall–Kier alpha value is -1.95. The number of carbonyl (C=O) groups excluding carboxylic acids is 1. The second-order valence-corrected chi connectivity index (χ2v) is 8.07. The van der Waals surface area contributed by atoms with Crippen molar-refractivity contribution in [1.29, 1.82) is 0 Å². The Morgan fingerprint density at radius 3 is 2.37 bits per heavy atom. The van der Waals surface area contributed by atoms with Gasteiger partial charge in [0.15, 0.2) is 0 Å². The first-order valence-corrected chi connectivity index (χ1v) is 10.5. The van der Waals surface area contributed by atoms with Gasteiger partial charge in [-0.15, -0.1) is 11.3 Å². The molecule has 1 fully saturated rings. The highest BCUT2D eigenvalue weighted by Gasteiger charge is 2.19. The van der Waals surface area contributed by atoms with E-state index in [1.54, 1.807) is 0 Å². The van der Waals surface area contributed by atoms with Crippen molar-refractivity contribution in [2.45, 2.75) is 13.3 Å². The molecule has 0 atom stereocenters. The highest BCUT2D eigenvalue weighted by atomic mass is 32.1. The Kier molecular flexibility index (Phi) is 7.21. The van der Waals surface area contributed by atoms with Crippen molar-refractivity contribution in [1.82, 2.24) is 9.80 Å². The molecule has 2 aromatic rings. The first-order valence-electron chi connectivity index (χ1n) is 9.63. The molecule has 1 aliphatic heterocycles. The van der Waals surface area contributed by atoms with E-state index in [2.05, 4.69) is 40.8 Å². The first kappa shape index (κ1) is 19.8. The highest BCUT2D eigenvalue weighted by molar-refractivity contribution is 7.09. The van der Waals surface area contributed by atoms with E-state index in [0.29, 0.717) is 6.54 Å². The zero-order valence-corrected chi connectivity index (χ0v) is 17.0. The van der Waals surface area contributed by atoms with E-state index < -0.39 is 0 Å². The predicted octanol–water partition coefficient (Wildman–Crippen LogP) is 3.44. The molecule has 1 aromatic heterocycles. The van der Waals surface area contributed by atoms with Crippen LogP contribution in [-0.4, -0.2) is 61.5 Å². The van der Waals surface area contributed by atoms with E-state index in [4.69, 9.17) is 0 Å². The number of carbonyl (C=O) groups is 1. The summed E-state index contributed by atoms with van der Waals surface area (Å²) in [5.41, 5.74) is 2.14. The molecule has 0 spiro atoms. The van der Waals surface area contributed by atoms with Crippen LogP contribution in [0.25, 0.3) is 0 Å². The summed E-state index contributed by atoms with van der Waals surface area (Å²) in [6.45, 7) is 12.8. The molecule has 144 valence electrons. The molecule has 2 heterocycles. The summed E-state index contributed by atoms with van der Waals surface area (Å²) in [5, 5.41) is 2.15. The highest BCUT2D eigenvalue weighted by Crippen LogP contribution is 2.16. The lowest BCUT2D eigenvalue weighted by Crippen LogP contribution is -2.49. The van der Waals surface area contributed by atoms with Crippen LogP contribution >= 0.6 is 11.3 Å². The van der Waals surface area contributed by atoms with Gasteiger partial charge in [0.2, 0.25) is 5.91 Å². The van der Waals surface area contributed by atoms with Crippen molar-refractivity contribution in [3.8, 4) is 0 Å². The minimum Gasteiger partial charge on any atom is -0.308 e. The van der Waals surface area contributed by atoms with Crippen molar-refractivity contribution < 1.29 is 4.79 Å². The maximum atomic E-state index is 12.3. The zero-order valence-electron chi connectivity index (χ0n) is 16.1. The fourth-order valence-corrected chi connectivity index (χ4v) is 4.10. The Balaban J connectivity index is 1.46. The molecule has 1 aliphatic rings. The molecule has 3 rings (SSSR count). The lowest BCUT2D eigenvalue weighted by atomic mass is 10.2. The Morgan fingerprint density at radius 1 is 1.11 bits per heavy atom. The van der Waals surface area contributed by atoms with Crippen LogP contribution < -0.4 is 4.90 Å². The number of hydrogen-bond acceptors (Lipinski definition) is 4. The minimum absolute atomic E-state index is 0.0339. The van der Waals surface area contributed by atoms with Crippen LogP contribution in [0.3, 0.4) is 0 Å².